The van der Waals surface area contributed by atoms with E-state index >= 15 is 0 Å². The highest BCUT2D eigenvalue weighted by Crippen LogP contribution is 2.30. The SMILES string of the molecule is O=c1[nH]cn[13c]2[13c]1[15n]cn2[C@@H]1O[C@H](CO)C(O)[C@@H]1O. The van der Waals surface area contributed by atoms with Gasteiger partial charge in [-0.3, -0.25) is 9.36 Å². The number of aromatic nitrogens is 4. The smallest absolute Gasteiger partial charge is 0.278 e. The highest BCUT2D eigenvalue weighted by atomic mass is 16.6. The van der Waals surface area contributed by atoms with E-state index in [9.17, 15) is 15.0 Å². The van der Waals surface area contributed by atoms with E-state index in [1.165, 1.54) is 17.2 Å². The molecule has 1 aliphatic rings. The molecule has 4 N–H and O–H groups in total. The molecule has 0 amide bonds. The number of H-pyrrole nitrogens is 1. The Morgan fingerprint density at radius 1 is 1.37 bits per heavy atom. The van der Waals surface area contributed by atoms with Crippen molar-refractivity contribution in [3.05, 3.63) is 23.0 Å². The second-order valence-corrected chi connectivity index (χ2v) is 4.28. The van der Waals surface area contributed by atoms with Gasteiger partial charge in [0, 0.05) is 0 Å². The fourth-order valence-corrected chi connectivity index (χ4v) is 2.16. The van der Waals surface area contributed by atoms with Crippen LogP contribution < -0.4 is 5.56 Å². The summed E-state index contributed by atoms with van der Waals surface area (Å²) >= 11 is 0. The predicted octanol–water partition coefficient (Wildman–Crippen LogP) is -2.27. The summed E-state index contributed by atoms with van der Waals surface area (Å²) in [5, 5.41) is 28.6. The maximum atomic E-state index is 11.5. The van der Waals surface area contributed by atoms with Crippen LogP contribution in [0.4, 0.5) is 0 Å². The van der Waals surface area contributed by atoms with E-state index in [-0.39, 0.29) is 11.2 Å². The van der Waals surface area contributed by atoms with Crippen molar-refractivity contribution in [1.82, 2.24) is 19.5 Å². The summed E-state index contributed by atoms with van der Waals surface area (Å²) in [7, 11) is 0. The molecular formula is C10H12N4O5. The van der Waals surface area contributed by atoms with Crippen molar-refractivity contribution in [2.75, 3.05) is 6.61 Å². The van der Waals surface area contributed by atoms with E-state index in [0.29, 0.717) is 0 Å². The number of imidazole rings is 1. The van der Waals surface area contributed by atoms with E-state index in [2.05, 4.69) is 15.0 Å². The maximum Gasteiger partial charge on any atom is 0.278 e. The van der Waals surface area contributed by atoms with Crippen molar-refractivity contribution >= 4 is 11.2 Å². The van der Waals surface area contributed by atoms with Crippen LogP contribution in [0.15, 0.2) is 17.4 Å². The number of aromatic amines is 1. The molecule has 1 saturated heterocycles. The number of ether oxygens (including phenoxy) is 1. The summed E-state index contributed by atoms with van der Waals surface area (Å²) in [6.07, 6.45) is -1.78. The minimum absolute atomic E-state index is 0.111. The number of rotatable bonds is 2. The van der Waals surface area contributed by atoms with Gasteiger partial charge in [0.05, 0.1) is 19.3 Å². The molecule has 9 nitrogen and oxygen atoms in total. The highest BCUT2D eigenvalue weighted by molar-refractivity contribution is 5.68. The van der Waals surface area contributed by atoms with Crippen molar-refractivity contribution in [3.63, 3.8) is 0 Å². The lowest BCUT2D eigenvalue weighted by Gasteiger charge is -2.16. The molecule has 19 heavy (non-hydrogen) atoms. The van der Waals surface area contributed by atoms with Crippen LogP contribution in [0.1, 0.15) is 6.23 Å². The Kier molecular flexibility index (Phi) is 2.82. The van der Waals surface area contributed by atoms with Gasteiger partial charge in [0.25, 0.3) is 5.56 Å². The van der Waals surface area contributed by atoms with Gasteiger partial charge in [-0.2, -0.15) is 0 Å². The van der Waals surface area contributed by atoms with E-state index in [1.807, 2.05) is 0 Å². The topological polar surface area (TPSA) is 133 Å². The number of aliphatic hydroxyl groups is 3. The Bertz CT molecular complexity index is 653. The lowest BCUT2D eigenvalue weighted by atomic mass is 10.1. The Balaban J connectivity index is 2.06. The van der Waals surface area contributed by atoms with Crippen molar-refractivity contribution in [2.24, 2.45) is 0 Å². The van der Waals surface area contributed by atoms with Gasteiger partial charge in [0.1, 0.15) is 18.3 Å². The summed E-state index contributed by atoms with van der Waals surface area (Å²) in [6.45, 7) is -0.421. The van der Waals surface area contributed by atoms with Gasteiger partial charge in [0.2, 0.25) is 0 Å². The van der Waals surface area contributed by atoms with Gasteiger partial charge < -0.3 is 25.0 Å². The van der Waals surface area contributed by atoms with Crippen LogP contribution in [0.3, 0.4) is 0 Å². The first-order valence-electron chi connectivity index (χ1n) is 5.66. The zero-order chi connectivity index (χ0) is 13.6. The van der Waals surface area contributed by atoms with E-state index < -0.39 is 36.7 Å². The molecule has 0 bridgehead atoms. The van der Waals surface area contributed by atoms with Gasteiger partial charge in [-0.25, -0.2) is 9.97 Å². The summed E-state index contributed by atoms with van der Waals surface area (Å²) < 4.78 is 6.70. The minimum atomic E-state index is -1.24. The second kappa shape index (κ2) is 4.38. The molecule has 2 aromatic heterocycles. The predicted molar refractivity (Wildman–Crippen MR) is 61.2 cm³/mol. The number of nitrogens with one attached hydrogen (secondary N) is 1. The Morgan fingerprint density at radius 2 is 2.16 bits per heavy atom. The molecule has 1 fully saturated rings. The molecule has 0 saturated carbocycles. The van der Waals surface area contributed by atoms with Gasteiger partial charge >= 0.3 is 0 Å². The second-order valence-electron chi connectivity index (χ2n) is 4.28. The fraction of sp³-hybridized carbons (Fsp3) is 0.500. The number of hydrogen-bond acceptors (Lipinski definition) is 7. The van der Waals surface area contributed by atoms with Crippen LogP contribution in [-0.4, -0.2) is 59.8 Å². The van der Waals surface area contributed by atoms with E-state index in [4.69, 9.17) is 9.84 Å². The van der Waals surface area contributed by atoms with E-state index in [0.717, 1.165) is 0 Å². The molecule has 3 rings (SSSR count). The minimum Gasteiger partial charge on any atom is -0.394 e. The third-order valence-corrected chi connectivity index (χ3v) is 3.16. The molecule has 1 aliphatic heterocycles. The van der Waals surface area contributed by atoms with Crippen LogP contribution in [0, 0.1) is 0 Å². The normalized spacial score (nSPS) is 31.1. The quantitative estimate of drug-likeness (QED) is 0.484. The largest absolute Gasteiger partial charge is 0.394 e. The average Bonchev–Trinajstić information content (AvgIpc) is 2.94. The van der Waals surface area contributed by atoms with Crippen LogP contribution in [0.2, 0.25) is 0 Å². The zero-order valence-corrected chi connectivity index (χ0v) is 9.67. The number of fused-ring (bicyclic) bond motifs is 1. The van der Waals surface area contributed by atoms with Crippen molar-refractivity contribution < 1.29 is 20.1 Å². The molecule has 2 aromatic rings. The summed E-state index contributed by atoms with van der Waals surface area (Å²) in [6, 6.07) is 0. The van der Waals surface area contributed by atoms with Crippen molar-refractivity contribution in [1.29, 1.82) is 0 Å². The fourth-order valence-electron chi connectivity index (χ4n) is 2.16. The van der Waals surface area contributed by atoms with Crippen molar-refractivity contribution in [2.45, 2.75) is 24.5 Å². The third kappa shape index (κ3) is 1.75. The van der Waals surface area contributed by atoms with E-state index in [1.54, 1.807) is 0 Å². The molecule has 3 heterocycles. The third-order valence-electron chi connectivity index (χ3n) is 3.16. The summed E-state index contributed by atoms with van der Waals surface area (Å²) in [5.74, 6) is 0. The van der Waals surface area contributed by atoms with Crippen LogP contribution in [0.5, 0.6) is 0 Å². The average molecular weight is 271 g/mol. The van der Waals surface area contributed by atoms with Crippen LogP contribution in [-0.2, 0) is 4.74 Å². The monoisotopic (exact) mass is 271 g/mol. The lowest BCUT2D eigenvalue weighted by molar-refractivity contribution is -0.0511. The highest BCUT2D eigenvalue weighted by Gasteiger charge is 2.43. The molecule has 0 spiro atoms. The van der Waals surface area contributed by atoms with Gasteiger partial charge in [-0.1, -0.05) is 0 Å². The van der Waals surface area contributed by atoms with Crippen LogP contribution >= 0.6 is 0 Å². The molecule has 1 unspecified atom stereocenters. The Hall–Kier alpha value is -1.81. The number of nitrogens with zero attached hydrogens (tertiary/aromatic N) is 3. The molecule has 4 atom stereocenters. The first-order valence-corrected chi connectivity index (χ1v) is 5.66. The van der Waals surface area contributed by atoms with Gasteiger partial charge in [-0.15, -0.1) is 0 Å². The van der Waals surface area contributed by atoms with Gasteiger partial charge in [0.15, 0.2) is 17.4 Å². The zero-order valence-electron chi connectivity index (χ0n) is 9.67. The number of hydrogen-bond donors (Lipinski definition) is 4. The molecule has 102 valence electrons. The first-order chi connectivity index (χ1) is 9.13. The first kappa shape index (κ1) is 12.2. The molecular weight excluding hydrogens is 259 g/mol. The maximum absolute atomic E-state index is 11.5. The molecule has 0 aromatic carbocycles. The summed E-state index contributed by atoms with van der Waals surface area (Å²) in [4.78, 5) is 21.8. The summed E-state index contributed by atoms with van der Waals surface area (Å²) in [5.41, 5.74) is -0.0608. The molecule has 0 aliphatic carbocycles. The molecule has 0 radical (unpaired) electrons. The lowest BCUT2D eigenvalue weighted by Crippen LogP contribution is -2.33. The van der Waals surface area contributed by atoms with Gasteiger partial charge in [-0.05, 0) is 0 Å². The Labute approximate surface area is 106 Å². The van der Waals surface area contributed by atoms with Crippen molar-refractivity contribution in [3.8, 4) is 0 Å². The standard InChI is InChI=1S/C10H12N4O5/c15-1-4-6(16)7(17)10(19-4)14-3-13-5-8(14)11-2-12-9(5)18/h2-4,6-7,10,15-17H,1H2,(H,11,12,18)/t4-,6?,7+,10-/m1/s1/i5+1,8+1,13+1. The Morgan fingerprint density at radius 3 is 2.84 bits per heavy atom. The number of aliphatic hydroxyl groups excluding tert-OH is 3. The molecule has 9 heteroatoms. The van der Waals surface area contributed by atoms with Crippen LogP contribution in [0.25, 0.3) is 11.2 Å².